The molecule has 0 unspecified atom stereocenters. The van der Waals surface area contributed by atoms with E-state index in [9.17, 15) is 60.0 Å². The van der Waals surface area contributed by atoms with Crippen LogP contribution in [0.25, 0.3) is 0 Å². The summed E-state index contributed by atoms with van der Waals surface area (Å²) in [6.07, 6.45) is -12.2. The maximum Gasteiger partial charge on any atom is 0.335 e. The summed E-state index contributed by atoms with van der Waals surface area (Å²) < 4.78 is 23.4. The quantitative estimate of drug-likeness (QED) is 0.171. The van der Waals surface area contributed by atoms with Crippen molar-refractivity contribution in [2.75, 3.05) is 0 Å². The fraction of sp³-hybridized carbons (Fsp3) is 0.857. The zero-order chi connectivity index (χ0) is 42.9. The number of carboxylic acid groups (broad SMARTS) is 3. The normalized spacial score (nSPS) is 52.6. The van der Waals surface area contributed by atoms with E-state index < -0.39 is 107 Å². The molecule has 2 heterocycles. The molecule has 6 fully saturated rings. The topological polar surface area (TPSA) is 267 Å². The number of carbonyl (C=O) groups excluding carboxylic acids is 1. The number of ketones is 1. The maximum atomic E-state index is 14.8. The number of aliphatic carboxylic acids is 3. The Morgan fingerprint density at radius 3 is 1.88 bits per heavy atom. The van der Waals surface area contributed by atoms with Crippen molar-refractivity contribution in [3.8, 4) is 0 Å². The van der Waals surface area contributed by atoms with Crippen LogP contribution in [-0.4, -0.2) is 132 Å². The van der Waals surface area contributed by atoms with Crippen LogP contribution in [0.1, 0.15) is 106 Å². The number of fused-ring (bicyclic) bond motifs is 7. The standard InChI is InChI=1S/C42H62O16/c1-37(2)21-8-11-42(7)31(20(43)16-18-19-17-39(4,36(53)54)13-12-38(19,3)14-15-41(18,42)6)40(21,5)10-9-22(37)55-35-30(26(47)25(46)29(57-35)33(51)52)58-34-27(48)23(44)24(45)28(56-34)32(49)50/h16,19,21-31,34-35,44-48H,8-15,17H2,1-7H3,(H,49,50)(H,51,52)(H,53,54)/t19-,21-,22-,23-,24-,25-,26-,27+,28-,29-,30+,31+,34-,35-,38+,39+,40-,41+,42+/m0/s1. The van der Waals surface area contributed by atoms with Gasteiger partial charge in [0.1, 0.15) is 36.6 Å². The summed E-state index contributed by atoms with van der Waals surface area (Å²) in [7, 11) is 0. The zero-order valence-corrected chi connectivity index (χ0v) is 34.4. The van der Waals surface area contributed by atoms with Crippen LogP contribution >= 0.6 is 0 Å². The molecule has 0 amide bonds. The average molecular weight is 823 g/mol. The van der Waals surface area contributed by atoms with Crippen LogP contribution in [-0.2, 0) is 38.1 Å². The minimum Gasteiger partial charge on any atom is -0.481 e. The van der Waals surface area contributed by atoms with Crippen molar-refractivity contribution in [1.29, 1.82) is 0 Å². The Kier molecular flexibility index (Phi) is 10.7. The summed E-state index contributed by atoms with van der Waals surface area (Å²) in [5, 5.41) is 83.0. The Morgan fingerprint density at radius 1 is 0.690 bits per heavy atom. The van der Waals surface area contributed by atoms with Gasteiger partial charge in [0.25, 0.3) is 0 Å². The van der Waals surface area contributed by atoms with Crippen LogP contribution < -0.4 is 0 Å². The van der Waals surface area contributed by atoms with Crippen LogP contribution in [0, 0.1) is 50.2 Å². The van der Waals surface area contributed by atoms with Crippen molar-refractivity contribution >= 4 is 23.7 Å². The van der Waals surface area contributed by atoms with Crippen LogP contribution in [0.3, 0.4) is 0 Å². The zero-order valence-electron chi connectivity index (χ0n) is 34.4. The number of hydrogen-bond acceptors (Lipinski definition) is 13. The summed E-state index contributed by atoms with van der Waals surface area (Å²) >= 11 is 0. The summed E-state index contributed by atoms with van der Waals surface area (Å²) in [5.74, 6) is -4.47. The highest BCUT2D eigenvalue weighted by Gasteiger charge is 2.71. The number of hydrogen-bond donors (Lipinski definition) is 8. The van der Waals surface area contributed by atoms with Crippen molar-refractivity contribution in [1.82, 2.24) is 0 Å². The van der Waals surface area contributed by atoms with Gasteiger partial charge >= 0.3 is 17.9 Å². The number of ether oxygens (including phenoxy) is 4. The molecule has 2 aliphatic heterocycles. The van der Waals surface area contributed by atoms with Gasteiger partial charge in [-0.05, 0) is 110 Å². The molecule has 0 aromatic rings. The van der Waals surface area contributed by atoms with Crippen molar-refractivity contribution in [2.45, 2.75) is 174 Å². The molecule has 7 rings (SSSR count). The van der Waals surface area contributed by atoms with Crippen LogP contribution in [0.5, 0.6) is 0 Å². The first-order chi connectivity index (χ1) is 26.8. The minimum absolute atomic E-state index is 0.0217. The Hall–Kier alpha value is -2.54. The molecule has 58 heavy (non-hydrogen) atoms. The second kappa shape index (κ2) is 14.3. The number of aliphatic hydroxyl groups is 5. The van der Waals surface area contributed by atoms with Crippen LogP contribution in [0.15, 0.2) is 11.6 Å². The van der Waals surface area contributed by atoms with Gasteiger partial charge in [-0.15, -0.1) is 0 Å². The average Bonchev–Trinajstić information content (AvgIpc) is 3.13. The molecular weight excluding hydrogens is 760 g/mol. The van der Waals surface area contributed by atoms with E-state index >= 15 is 0 Å². The molecule has 0 radical (unpaired) electrons. The third-order valence-corrected chi connectivity index (χ3v) is 17.2. The SMILES string of the molecule is CC1(C)[C@@H](O[C@H]2O[C@H](C(=O)O)[C@@H](O)[C@H](O)[C@H]2O[C@@H]2O[C@H](C(=O)O)[C@@H](O)[C@H](O)[C@H]2O)CC[C@]2(C)[C@H]3C(=O)C=C4[C@@H]5C[C@](C)(C(=O)O)CC[C@]5(C)CC[C@@]4(C)[C@]3(C)CC[C@@H]12. The lowest BCUT2D eigenvalue weighted by molar-refractivity contribution is -0.371. The van der Waals surface area contributed by atoms with E-state index in [-0.39, 0.29) is 34.4 Å². The molecule has 19 atom stereocenters. The molecule has 8 N–H and O–H groups in total. The van der Waals surface area contributed by atoms with Crippen molar-refractivity contribution in [3.05, 3.63) is 11.6 Å². The number of carboxylic acids is 3. The van der Waals surface area contributed by atoms with Gasteiger partial charge in [-0.1, -0.05) is 47.1 Å². The lowest BCUT2D eigenvalue weighted by atomic mass is 9.33. The predicted octanol–water partition coefficient (Wildman–Crippen LogP) is 2.25. The fourth-order valence-corrected chi connectivity index (χ4v) is 13.4. The van der Waals surface area contributed by atoms with E-state index in [1.54, 1.807) is 0 Å². The molecular formula is C42H62O16. The van der Waals surface area contributed by atoms with Gasteiger partial charge in [0.05, 0.1) is 11.5 Å². The Balaban J connectivity index is 1.17. The van der Waals surface area contributed by atoms with E-state index in [0.29, 0.717) is 25.7 Å². The van der Waals surface area contributed by atoms with Gasteiger partial charge in [-0.3, -0.25) is 9.59 Å². The number of allylic oxidation sites excluding steroid dienone is 2. The summed E-state index contributed by atoms with van der Waals surface area (Å²) in [6, 6.07) is 0. The highest BCUT2D eigenvalue weighted by atomic mass is 16.8. The molecule has 0 aromatic carbocycles. The first-order valence-electron chi connectivity index (χ1n) is 20.7. The molecule has 16 nitrogen and oxygen atoms in total. The number of carbonyl (C=O) groups is 4. The second-order valence-corrected chi connectivity index (χ2v) is 20.6. The fourth-order valence-electron chi connectivity index (χ4n) is 13.4. The molecule has 0 spiro atoms. The molecule has 0 bridgehead atoms. The largest absolute Gasteiger partial charge is 0.481 e. The number of rotatable bonds is 7. The Bertz CT molecular complexity index is 1730. The highest BCUT2D eigenvalue weighted by molar-refractivity contribution is 5.95. The number of aliphatic hydroxyl groups excluding tert-OH is 5. The summed E-state index contributed by atoms with van der Waals surface area (Å²) in [4.78, 5) is 51.3. The third kappa shape index (κ3) is 6.25. The summed E-state index contributed by atoms with van der Waals surface area (Å²) in [6.45, 7) is 14.8. The van der Waals surface area contributed by atoms with E-state index in [4.69, 9.17) is 18.9 Å². The van der Waals surface area contributed by atoms with E-state index in [0.717, 1.165) is 37.7 Å². The predicted molar refractivity (Wildman–Crippen MR) is 199 cm³/mol. The lowest BCUT2D eigenvalue weighted by Crippen LogP contribution is -2.68. The van der Waals surface area contributed by atoms with E-state index in [1.807, 2.05) is 26.8 Å². The van der Waals surface area contributed by atoms with Crippen molar-refractivity contribution < 1.29 is 79.0 Å². The molecule has 16 heteroatoms. The van der Waals surface area contributed by atoms with Gasteiger partial charge in [-0.25, -0.2) is 9.59 Å². The van der Waals surface area contributed by atoms with Crippen LogP contribution in [0.2, 0.25) is 0 Å². The minimum atomic E-state index is -2.05. The van der Waals surface area contributed by atoms with Gasteiger partial charge in [0, 0.05) is 5.92 Å². The monoisotopic (exact) mass is 822 g/mol. The molecule has 4 saturated carbocycles. The molecule has 5 aliphatic carbocycles. The first-order valence-corrected chi connectivity index (χ1v) is 20.7. The lowest BCUT2D eigenvalue weighted by Gasteiger charge is -2.70. The Labute approximate surface area is 337 Å². The maximum absolute atomic E-state index is 14.8. The molecule has 326 valence electrons. The first kappa shape index (κ1) is 43.5. The van der Waals surface area contributed by atoms with Gasteiger partial charge in [0.15, 0.2) is 30.6 Å². The van der Waals surface area contributed by atoms with E-state index in [1.165, 1.54) is 0 Å². The smallest absolute Gasteiger partial charge is 0.335 e. The molecule has 0 aromatic heterocycles. The van der Waals surface area contributed by atoms with Crippen molar-refractivity contribution in [3.63, 3.8) is 0 Å². The Morgan fingerprint density at radius 2 is 1.28 bits per heavy atom. The highest BCUT2D eigenvalue weighted by Crippen LogP contribution is 2.75. The second-order valence-electron chi connectivity index (χ2n) is 20.6. The molecule has 7 aliphatic rings. The van der Waals surface area contributed by atoms with Gasteiger partial charge in [-0.2, -0.15) is 0 Å². The van der Waals surface area contributed by atoms with Crippen LogP contribution in [0.4, 0.5) is 0 Å². The van der Waals surface area contributed by atoms with Crippen molar-refractivity contribution in [2.24, 2.45) is 50.2 Å². The van der Waals surface area contributed by atoms with Gasteiger partial charge in [0.2, 0.25) is 0 Å². The molecule has 2 saturated heterocycles. The summed E-state index contributed by atoms with van der Waals surface area (Å²) in [5.41, 5.74) is -1.81. The third-order valence-electron chi connectivity index (χ3n) is 17.2. The van der Waals surface area contributed by atoms with E-state index in [2.05, 4.69) is 27.7 Å². The van der Waals surface area contributed by atoms with Gasteiger partial charge < -0.3 is 59.8 Å².